The van der Waals surface area contributed by atoms with Gasteiger partial charge in [0, 0.05) is 12.9 Å². The fourth-order valence-electron chi connectivity index (χ4n) is 1.31. The Kier molecular flexibility index (Phi) is 11.3. The third kappa shape index (κ3) is 10.1. The minimum Gasteiger partial charge on any atom is -0.468 e. The van der Waals surface area contributed by atoms with Crippen LogP contribution in [0.4, 0.5) is 0 Å². The van der Waals surface area contributed by atoms with Gasteiger partial charge in [0.15, 0.2) is 0 Å². The summed E-state index contributed by atoms with van der Waals surface area (Å²) in [5.74, 6) is 0.840. The van der Waals surface area contributed by atoms with E-state index in [1.807, 2.05) is 6.92 Å². The molecule has 0 radical (unpaired) electrons. The van der Waals surface area contributed by atoms with E-state index in [1.54, 1.807) is 7.11 Å². The first-order valence-corrected chi connectivity index (χ1v) is 7.36. The van der Waals surface area contributed by atoms with Gasteiger partial charge in [-0.25, -0.2) is 0 Å². The van der Waals surface area contributed by atoms with E-state index in [0.29, 0.717) is 24.5 Å². The van der Waals surface area contributed by atoms with Gasteiger partial charge in [0.25, 0.3) is 0 Å². The molecule has 3 unspecified atom stereocenters. The molecular weight excluding hydrogens is 270 g/mol. The van der Waals surface area contributed by atoms with Crippen molar-refractivity contribution in [2.75, 3.05) is 38.9 Å². The van der Waals surface area contributed by atoms with Crippen LogP contribution in [0.3, 0.4) is 0 Å². The van der Waals surface area contributed by atoms with Crippen LogP contribution in [0.2, 0.25) is 0 Å². The van der Waals surface area contributed by atoms with Crippen molar-refractivity contribution in [1.82, 2.24) is 0 Å². The summed E-state index contributed by atoms with van der Waals surface area (Å²) in [6.07, 6.45) is -0.0265. The Morgan fingerprint density at radius 3 is 2.63 bits per heavy atom. The number of carbonyl (C=O) groups excluding carboxylic acids is 1. The highest BCUT2D eigenvalue weighted by molar-refractivity contribution is 7.99. The molecule has 0 heterocycles. The number of rotatable bonds is 11. The number of aliphatic hydroxyl groups excluding tert-OH is 1. The third-order valence-electron chi connectivity index (χ3n) is 2.36. The number of ether oxygens (including phenoxy) is 3. The van der Waals surface area contributed by atoms with E-state index in [-0.39, 0.29) is 12.7 Å². The lowest BCUT2D eigenvalue weighted by molar-refractivity contribution is -0.142. The lowest BCUT2D eigenvalue weighted by Crippen LogP contribution is -2.32. The summed E-state index contributed by atoms with van der Waals surface area (Å²) in [5, 5.41) is 9.68. The maximum absolute atomic E-state index is 11.0. The van der Waals surface area contributed by atoms with Gasteiger partial charge in [-0.2, -0.15) is 11.8 Å². The minimum absolute atomic E-state index is 0.0302. The summed E-state index contributed by atoms with van der Waals surface area (Å²) >= 11 is 1.53. The Labute approximate surface area is 119 Å². The molecule has 19 heavy (non-hydrogen) atoms. The molecule has 0 saturated heterocycles. The van der Waals surface area contributed by atoms with Crippen LogP contribution >= 0.6 is 11.8 Å². The lowest BCUT2D eigenvalue weighted by atomic mass is 10.2. The Hall–Kier alpha value is -0.340. The van der Waals surface area contributed by atoms with Gasteiger partial charge in [0.2, 0.25) is 0 Å². The third-order valence-corrected chi connectivity index (χ3v) is 3.51. The number of hydrogen-bond acceptors (Lipinski definition) is 7. The van der Waals surface area contributed by atoms with Gasteiger partial charge >= 0.3 is 5.97 Å². The van der Waals surface area contributed by atoms with Crippen molar-refractivity contribution in [1.29, 1.82) is 0 Å². The van der Waals surface area contributed by atoms with Gasteiger partial charge in [-0.1, -0.05) is 0 Å². The summed E-state index contributed by atoms with van der Waals surface area (Å²) in [7, 11) is 2.92. The monoisotopic (exact) mass is 295 g/mol. The Bertz CT molecular complexity index is 242. The fraction of sp³-hybridized carbons (Fsp3) is 0.917. The molecule has 3 N–H and O–H groups in total. The highest BCUT2D eigenvalue weighted by Crippen LogP contribution is 2.08. The molecule has 0 aromatic heterocycles. The average Bonchev–Trinajstić information content (AvgIpc) is 2.40. The van der Waals surface area contributed by atoms with Crippen molar-refractivity contribution in [3.8, 4) is 0 Å². The number of esters is 1. The predicted molar refractivity (Wildman–Crippen MR) is 75.2 cm³/mol. The molecule has 0 spiro atoms. The molecule has 6 nitrogen and oxygen atoms in total. The standard InChI is InChI=1S/C12H25NO5S/c1-9(6-16-2)18-7-10(14)8-19-5-4-11(13)12(15)17-3/h9-11,14H,4-8,13H2,1-3H3. The Morgan fingerprint density at radius 2 is 2.05 bits per heavy atom. The van der Waals surface area contributed by atoms with Crippen molar-refractivity contribution in [2.24, 2.45) is 5.73 Å². The summed E-state index contributed by atoms with van der Waals surface area (Å²) < 4.78 is 14.8. The minimum atomic E-state index is -0.590. The summed E-state index contributed by atoms with van der Waals surface area (Å²) in [4.78, 5) is 11.0. The molecule has 0 aliphatic rings. The molecular formula is C12H25NO5S. The summed E-state index contributed by atoms with van der Waals surface area (Å²) in [6.45, 7) is 2.67. The van der Waals surface area contributed by atoms with Crippen molar-refractivity contribution in [3.05, 3.63) is 0 Å². The second-order valence-electron chi connectivity index (χ2n) is 4.25. The molecule has 0 fully saturated rings. The van der Waals surface area contributed by atoms with Crippen LogP contribution in [0, 0.1) is 0 Å². The van der Waals surface area contributed by atoms with Crippen molar-refractivity contribution < 1.29 is 24.1 Å². The van der Waals surface area contributed by atoms with Crippen LogP contribution in [-0.4, -0.2) is 68.3 Å². The lowest BCUT2D eigenvalue weighted by Gasteiger charge is -2.16. The number of thioether (sulfide) groups is 1. The zero-order valence-corrected chi connectivity index (χ0v) is 12.6. The van der Waals surface area contributed by atoms with E-state index in [1.165, 1.54) is 18.9 Å². The molecule has 114 valence electrons. The first-order valence-electron chi connectivity index (χ1n) is 6.21. The van der Waals surface area contributed by atoms with Crippen LogP contribution < -0.4 is 5.73 Å². The Morgan fingerprint density at radius 1 is 1.37 bits per heavy atom. The van der Waals surface area contributed by atoms with Crippen molar-refractivity contribution >= 4 is 17.7 Å². The number of aliphatic hydroxyl groups is 1. The van der Waals surface area contributed by atoms with E-state index in [0.717, 1.165) is 0 Å². The molecule has 0 bridgehead atoms. The first-order chi connectivity index (χ1) is 9.01. The molecule has 0 aliphatic heterocycles. The van der Waals surface area contributed by atoms with E-state index >= 15 is 0 Å². The maximum Gasteiger partial charge on any atom is 0.322 e. The summed E-state index contributed by atoms with van der Waals surface area (Å²) in [5.41, 5.74) is 5.59. The molecule has 0 saturated carbocycles. The number of carbonyl (C=O) groups is 1. The SMILES string of the molecule is COCC(C)OCC(O)CSCCC(N)C(=O)OC. The molecule has 0 amide bonds. The number of hydrogen-bond donors (Lipinski definition) is 2. The van der Waals surface area contributed by atoms with Crippen molar-refractivity contribution in [3.63, 3.8) is 0 Å². The maximum atomic E-state index is 11.0. The van der Waals surface area contributed by atoms with Crippen LogP contribution in [0.1, 0.15) is 13.3 Å². The van der Waals surface area contributed by atoms with Crippen LogP contribution in [-0.2, 0) is 19.0 Å². The highest BCUT2D eigenvalue weighted by Gasteiger charge is 2.13. The second kappa shape index (κ2) is 11.5. The van der Waals surface area contributed by atoms with Crippen LogP contribution in [0.15, 0.2) is 0 Å². The highest BCUT2D eigenvalue weighted by atomic mass is 32.2. The van der Waals surface area contributed by atoms with Crippen LogP contribution in [0.5, 0.6) is 0 Å². The summed E-state index contributed by atoms with van der Waals surface area (Å²) in [6, 6.07) is -0.590. The molecule has 0 aromatic rings. The fourth-order valence-corrected chi connectivity index (χ4v) is 2.26. The van der Waals surface area contributed by atoms with Gasteiger partial charge in [0.1, 0.15) is 6.04 Å². The molecule has 0 aromatic carbocycles. The van der Waals surface area contributed by atoms with Gasteiger partial charge in [-0.05, 0) is 19.1 Å². The quantitative estimate of drug-likeness (QED) is 0.410. The predicted octanol–water partition coefficient (Wildman–Crippen LogP) is 0.0224. The topological polar surface area (TPSA) is 91.0 Å². The van der Waals surface area contributed by atoms with Gasteiger partial charge in [0.05, 0.1) is 32.5 Å². The average molecular weight is 295 g/mol. The van der Waals surface area contributed by atoms with Gasteiger partial charge in [-0.15, -0.1) is 0 Å². The zero-order chi connectivity index (χ0) is 14.7. The molecule has 0 aliphatic carbocycles. The second-order valence-corrected chi connectivity index (χ2v) is 5.40. The Balaban J connectivity index is 3.53. The first kappa shape index (κ1) is 18.7. The van der Waals surface area contributed by atoms with E-state index < -0.39 is 18.1 Å². The van der Waals surface area contributed by atoms with E-state index in [4.69, 9.17) is 15.2 Å². The largest absolute Gasteiger partial charge is 0.468 e. The molecule has 7 heteroatoms. The van der Waals surface area contributed by atoms with Crippen molar-refractivity contribution in [2.45, 2.75) is 31.6 Å². The zero-order valence-electron chi connectivity index (χ0n) is 11.8. The smallest absolute Gasteiger partial charge is 0.322 e. The van der Waals surface area contributed by atoms with Crippen LogP contribution in [0.25, 0.3) is 0 Å². The van der Waals surface area contributed by atoms with Gasteiger partial charge < -0.3 is 25.1 Å². The van der Waals surface area contributed by atoms with Gasteiger partial charge in [-0.3, -0.25) is 4.79 Å². The number of methoxy groups -OCH3 is 2. The normalized spacial score (nSPS) is 15.8. The number of nitrogens with two attached hydrogens (primary N) is 1. The molecule has 0 rings (SSSR count). The van der Waals surface area contributed by atoms with E-state index in [2.05, 4.69) is 4.74 Å². The molecule has 3 atom stereocenters. The van der Waals surface area contributed by atoms with E-state index in [9.17, 15) is 9.90 Å².